The monoisotopic (exact) mass is 667 g/mol. The van der Waals surface area contributed by atoms with E-state index in [0.29, 0.717) is 30.0 Å². The van der Waals surface area contributed by atoms with E-state index in [1.54, 1.807) is 33.6 Å². The molecule has 0 bridgehead atoms. The van der Waals surface area contributed by atoms with Crippen molar-refractivity contribution in [2.75, 3.05) is 29.9 Å². The molecular weight excluding hydrogens is 646 g/mol. The number of ether oxygens (including phenoxy) is 1. The Morgan fingerprint density at radius 3 is 2.23 bits per heavy atom. The number of anilines is 1. The van der Waals surface area contributed by atoms with Crippen molar-refractivity contribution in [2.45, 2.75) is 25.9 Å². The van der Waals surface area contributed by atoms with Crippen LogP contribution in [0, 0.1) is 0 Å². The van der Waals surface area contributed by atoms with Crippen molar-refractivity contribution in [1.82, 2.24) is 18.8 Å². The number of hydrogen-bond acceptors (Lipinski definition) is 6. The first-order valence-corrected chi connectivity index (χ1v) is 13.9. The Labute approximate surface area is 227 Å². The Morgan fingerprint density at radius 2 is 1.60 bits per heavy atom. The van der Waals surface area contributed by atoms with E-state index >= 15 is 0 Å². The van der Waals surface area contributed by atoms with Gasteiger partial charge in [0.05, 0.1) is 18.9 Å². The van der Waals surface area contributed by atoms with Crippen LogP contribution in [0.15, 0.2) is 67.6 Å². The molecule has 4 aromatic rings. The number of fused-ring (bicyclic) bond motifs is 2. The number of halogens is 3. The molecule has 0 saturated carbocycles. The summed E-state index contributed by atoms with van der Waals surface area (Å²) in [6.45, 7) is 4.22. The van der Waals surface area contributed by atoms with Crippen LogP contribution in [0.1, 0.15) is 18.9 Å². The Morgan fingerprint density at radius 1 is 0.971 bits per heavy atom. The van der Waals surface area contributed by atoms with Crippen molar-refractivity contribution in [1.29, 1.82) is 0 Å². The van der Waals surface area contributed by atoms with Gasteiger partial charge in [-0.3, -0.25) is 18.4 Å². The lowest BCUT2D eigenvalue weighted by molar-refractivity contribution is 0.0383. The van der Waals surface area contributed by atoms with E-state index in [9.17, 15) is 9.59 Å². The number of rotatable bonds is 4. The summed E-state index contributed by atoms with van der Waals surface area (Å²) in [4.78, 5) is 35.2. The van der Waals surface area contributed by atoms with Crippen LogP contribution in [0.3, 0.4) is 0 Å². The van der Waals surface area contributed by atoms with Gasteiger partial charge in [-0.15, -0.1) is 0 Å². The molecule has 184 valence electrons. The zero-order chi connectivity index (χ0) is 24.9. The Hall–Kier alpha value is -2.08. The standard InChI is InChI=1S/C14H16BrN3O2.C10H8Br2N2O/c1-2-11-9-17(5-6-20-11)12-7-16-13-4-3-10(15)8-18(13)14(12)19;11-4-3-7-5-13-9-2-1-8(12)6-14(9)10(7)15/h3-4,7-8,11H,2,5-6,9H2,1H3;1-2,5-6H,3-4H2. The highest BCUT2D eigenvalue weighted by Crippen LogP contribution is 2.16. The summed E-state index contributed by atoms with van der Waals surface area (Å²) in [6.07, 6.45) is 8.64. The molecule has 1 saturated heterocycles. The fourth-order valence-corrected chi connectivity index (χ4v) is 4.91. The molecule has 0 spiro atoms. The van der Waals surface area contributed by atoms with Gasteiger partial charge < -0.3 is 9.64 Å². The molecule has 0 N–H and O–H groups in total. The topological polar surface area (TPSA) is 81.2 Å². The summed E-state index contributed by atoms with van der Waals surface area (Å²) >= 11 is 10.0. The smallest absolute Gasteiger partial charge is 0.281 e. The van der Waals surface area contributed by atoms with Crippen molar-refractivity contribution in [3.8, 4) is 0 Å². The normalized spacial score (nSPS) is 15.8. The maximum atomic E-state index is 12.6. The van der Waals surface area contributed by atoms with Crippen molar-refractivity contribution in [3.63, 3.8) is 0 Å². The summed E-state index contributed by atoms with van der Waals surface area (Å²) in [5.74, 6) is 0. The quantitative estimate of drug-likeness (QED) is 0.299. The fourth-order valence-electron chi connectivity index (χ4n) is 3.80. The number of pyridine rings is 2. The highest BCUT2D eigenvalue weighted by molar-refractivity contribution is 9.10. The Balaban J connectivity index is 0.000000172. The molecule has 1 aliphatic heterocycles. The SMILES string of the molecule is CCC1CN(c2cnc3ccc(Br)cn3c2=O)CCO1.O=c1c(CCBr)cnc2ccc(Br)cn12. The largest absolute Gasteiger partial charge is 0.375 e. The minimum absolute atomic E-state index is 0.000694. The average Bonchev–Trinajstić information content (AvgIpc) is 2.87. The Bertz CT molecular complexity index is 1460. The minimum Gasteiger partial charge on any atom is -0.375 e. The number of aromatic nitrogens is 4. The predicted octanol–water partition coefficient (Wildman–Crippen LogP) is 4.47. The molecule has 5 rings (SSSR count). The molecule has 1 unspecified atom stereocenters. The third-order valence-corrected chi connectivity index (χ3v) is 7.02. The van der Waals surface area contributed by atoms with Crippen LogP contribution in [-0.2, 0) is 11.2 Å². The molecule has 1 aliphatic rings. The maximum absolute atomic E-state index is 12.6. The maximum Gasteiger partial charge on any atom is 0.281 e. The lowest BCUT2D eigenvalue weighted by atomic mass is 10.2. The van der Waals surface area contributed by atoms with Crippen LogP contribution >= 0.6 is 47.8 Å². The van der Waals surface area contributed by atoms with Crippen molar-refractivity contribution in [2.24, 2.45) is 0 Å². The van der Waals surface area contributed by atoms with Gasteiger partial charge in [-0.05, 0) is 69.0 Å². The van der Waals surface area contributed by atoms with E-state index in [1.165, 1.54) is 0 Å². The molecule has 35 heavy (non-hydrogen) atoms. The minimum atomic E-state index is -0.0342. The zero-order valence-corrected chi connectivity index (χ0v) is 23.8. The van der Waals surface area contributed by atoms with E-state index in [-0.39, 0.29) is 17.2 Å². The number of morpholine rings is 1. The highest BCUT2D eigenvalue weighted by atomic mass is 79.9. The molecule has 1 atom stereocenters. The van der Waals surface area contributed by atoms with Gasteiger partial charge in [0, 0.05) is 51.5 Å². The first-order valence-electron chi connectivity index (χ1n) is 11.2. The number of aryl methyl sites for hydroxylation is 1. The third-order valence-electron chi connectivity index (χ3n) is 5.68. The van der Waals surface area contributed by atoms with Crippen LogP contribution < -0.4 is 16.0 Å². The molecule has 0 aliphatic carbocycles. The number of alkyl halides is 1. The Kier molecular flexibility index (Phi) is 8.74. The van der Waals surface area contributed by atoms with Gasteiger partial charge in [0.15, 0.2) is 0 Å². The molecule has 4 aromatic heterocycles. The van der Waals surface area contributed by atoms with Gasteiger partial charge >= 0.3 is 0 Å². The second kappa shape index (κ2) is 11.8. The third kappa shape index (κ3) is 6.02. The number of hydrogen-bond donors (Lipinski definition) is 0. The second-order valence-corrected chi connectivity index (χ2v) is 10.6. The molecule has 8 nitrogen and oxygen atoms in total. The van der Waals surface area contributed by atoms with Gasteiger partial charge in [-0.25, -0.2) is 9.97 Å². The van der Waals surface area contributed by atoms with Crippen LogP contribution in [0.25, 0.3) is 11.3 Å². The molecule has 0 amide bonds. The van der Waals surface area contributed by atoms with E-state index in [1.807, 2.05) is 24.3 Å². The van der Waals surface area contributed by atoms with Crippen LogP contribution in [0.2, 0.25) is 0 Å². The summed E-state index contributed by atoms with van der Waals surface area (Å²) in [5, 5.41) is 0.768. The van der Waals surface area contributed by atoms with Gasteiger partial charge in [0.25, 0.3) is 11.1 Å². The first-order chi connectivity index (χ1) is 16.9. The predicted molar refractivity (Wildman–Crippen MR) is 148 cm³/mol. The lowest BCUT2D eigenvalue weighted by Gasteiger charge is -2.33. The van der Waals surface area contributed by atoms with Crippen molar-refractivity contribution in [3.05, 3.63) is 84.3 Å². The molecule has 0 aromatic carbocycles. The summed E-state index contributed by atoms with van der Waals surface area (Å²) in [6, 6.07) is 7.38. The van der Waals surface area contributed by atoms with Gasteiger partial charge in [-0.2, -0.15) is 0 Å². The number of nitrogens with zero attached hydrogens (tertiary/aromatic N) is 5. The molecule has 5 heterocycles. The van der Waals surface area contributed by atoms with Crippen molar-refractivity contribution < 1.29 is 4.74 Å². The van der Waals surface area contributed by atoms with E-state index in [4.69, 9.17) is 4.74 Å². The summed E-state index contributed by atoms with van der Waals surface area (Å²) in [5.41, 5.74) is 2.66. The molecule has 11 heteroatoms. The summed E-state index contributed by atoms with van der Waals surface area (Å²) in [7, 11) is 0. The average molecular weight is 670 g/mol. The summed E-state index contributed by atoms with van der Waals surface area (Å²) < 4.78 is 10.5. The van der Waals surface area contributed by atoms with E-state index < -0.39 is 0 Å². The van der Waals surface area contributed by atoms with Gasteiger partial charge in [0.1, 0.15) is 17.0 Å². The molecule has 0 radical (unpaired) electrons. The first kappa shape index (κ1) is 26.0. The second-order valence-electron chi connectivity index (χ2n) is 7.97. The molecule has 1 fully saturated rings. The van der Waals surface area contributed by atoms with Gasteiger partial charge in [-0.1, -0.05) is 22.9 Å². The van der Waals surface area contributed by atoms with Crippen LogP contribution in [-0.4, -0.2) is 49.9 Å². The van der Waals surface area contributed by atoms with E-state index in [2.05, 4.69) is 69.6 Å². The lowest BCUT2D eigenvalue weighted by Crippen LogP contribution is -2.44. The fraction of sp³-hybridized carbons (Fsp3) is 0.333. The van der Waals surface area contributed by atoms with Gasteiger partial charge in [0.2, 0.25) is 0 Å². The molecular formula is C24H24Br3N5O3. The van der Waals surface area contributed by atoms with Crippen LogP contribution in [0.4, 0.5) is 5.69 Å². The highest BCUT2D eigenvalue weighted by Gasteiger charge is 2.22. The van der Waals surface area contributed by atoms with Crippen LogP contribution in [0.5, 0.6) is 0 Å². The van der Waals surface area contributed by atoms with E-state index in [0.717, 1.165) is 39.3 Å². The zero-order valence-electron chi connectivity index (χ0n) is 19.0. The van der Waals surface area contributed by atoms with Crippen molar-refractivity contribution >= 4 is 64.8 Å².